The van der Waals surface area contributed by atoms with Crippen molar-refractivity contribution >= 4 is 56.8 Å². The van der Waals surface area contributed by atoms with Crippen LogP contribution in [0.2, 0.25) is 0 Å². The summed E-state index contributed by atoms with van der Waals surface area (Å²) >= 11 is 2.65. The second-order valence-corrected chi connectivity index (χ2v) is 8.25. The zero-order valence-corrected chi connectivity index (χ0v) is 17.0. The Kier molecular flexibility index (Phi) is 4.82. The van der Waals surface area contributed by atoms with Gasteiger partial charge in [-0.05, 0) is 31.5 Å². The molecule has 0 atom stereocenters. The second kappa shape index (κ2) is 7.28. The smallest absolute Gasteiger partial charge is 0.341 e. The number of benzene rings is 1. The molecule has 0 unspecified atom stereocenters. The number of fused-ring (bicyclic) bond motifs is 3. The van der Waals surface area contributed by atoms with E-state index in [1.54, 1.807) is 0 Å². The summed E-state index contributed by atoms with van der Waals surface area (Å²) in [6.45, 7) is 3.74. The Morgan fingerprint density at radius 2 is 2.11 bits per heavy atom. The number of nitrogens with one attached hydrogen (secondary N) is 2. The van der Waals surface area contributed by atoms with Gasteiger partial charge in [-0.3, -0.25) is 9.20 Å². The average Bonchev–Trinajstić information content (AvgIpc) is 3.32. The minimum absolute atomic E-state index is 0.142. The first-order valence-electron chi connectivity index (χ1n) is 8.42. The number of nitrogens with zero attached hydrogens (tertiary/aromatic N) is 3. The Balaban J connectivity index is 1.52. The number of imidazole rings is 1. The number of anilines is 1. The highest BCUT2D eigenvalue weighted by molar-refractivity contribution is 7.99. The summed E-state index contributed by atoms with van der Waals surface area (Å²) in [7, 11) is 1.33. The third-order valence-corrected chi connectivity index (χ3v) is 6.43. The fraction of sp³-hybridized carbons (Fsp3) is 0.222. The molecule has 0 bridgehead atoms. The average molecular weight is 416 g/mol. The van der Waals surface area contributed by atoms with Crippen LogP contribution in [0.15, 0.2) is 29.4 Å². The third kappa shape index (κ3) is 3.14. The number of thioether (sulfide) groups is 1. The molecule has 0 radical (unpaired) electrons. The van der Waals surface area contributed by atoms with Crippen LogP contribution in [0.5, 0.6) is 0 Å². The molecule has 1 aromatic carbocycles. The molecule has 0 aliphatic heterocycles. The molecule has 0 saturated heterocycles. The zero-order chi connectivity index (χ0) is 19.8. The molecule has 0 aliphatic carbocycles. The number of amides is 1. The number of aromatic nitrogens is 4. The van der Waals surface area contributed by atoms with E-state index in [0.717, 1.165) is 21.5 Å². The van der Waals surface area contributed by atoms with Gasteiger partial charge >= 0.3 is 5.97 Å². The van der Waals surface area contributed by atoms with Crippen molar-refractivity contribution in [2.45, 2.75) is 19.0 Å². The van der Waals surface area contributed by atoms with Gasteiger partial charge in [0.05, 0.1) is 29.5 Å². The summed E-state index contributed by atoms with van der Waals surface area (Å²) in [5, 5.41) is 11.1. The summed E-state index contributed by atoms with van der Waals surface area (Å²) in [6, 6.07) is 7.73. The van der Waals surface area contributed by atoms with Crippen molar-refractivity contribution in [1.29, 1.82) is 0 Å². The summed E-state index contributed by atoms with van der Waals surface area (Å²) in [6.07, 6.45) is 0. The zero-order valence-electron chi connectivity index (χ0n) is 15.4. The number of aryl methyl sites for hydroxylation is 1. The molecule has 28 heavy (non-hydrogen) atoms. The van der Waals surface area contributed by atoms with Gasteiger partial charge in [0, 0.05) is 4.88 Å². The van der Waals surface area contributed by atoms with Crippen LogP contribution in [-0.2, 0) is 9.53 Å². The predicted molar refractivity (Wildman–Crippen MR) is 109 cm³/mol. The first kappa shape index (κ1) is 18.5. The number of hydrogen-bond acceptors (Lipinski definition) is 7. The van der Waals surface area contributed by atoms with Crippen molar-refractivity contribution in [1.82, 2.24) is 19.6 Å². The minimum atomic E-state index is -0.455. The highest BCUT2D eigenvalue weighted by Gasteiger charge is 2.22. The van der Waals surface area contributed by atoms with Gasteiger partial charge in [-0.1, -0.05) is 23.9 Å². The normalized spacial score (nSPS) is 11.2. The van der Waals surface area contributed by atoms with Crippen LogP contribution in [0, 0.1) is 13.8 Å². The molecule has 0 aliphatic rings. The van der Waals surface area contributed by atoms with E-state index in [9.17, 15) is 9.59 Å². The highest BCUT2D eigenvalue weighted by atomic mass is 32.2. The molecule has 8 nitrogen and oxygen atoms in total. The van der Waals surface area contributed by atoms with Crippen LogP contribution in [0.25, 0.3) is 16.8 Å². The lowest BCUT2D eigenvalue weighted by Gasteiger charge is -2.05. The van der Waals surface area contributed by atoms with Gasteiger partial charge in [0.1, 0.15) is 5.00 Å². The molecule has 3 aromatic heterocycles. The molecule has 0 spiro atoms. The fourth-order valence-corrected chi connectivity index (χ4v) is 4.72. The highest BCUT2D eigenvalue weighted by Crippen LogP contribution is 2.33. The molecule has 1 amide bonds. The SMILES string of the molecule is COC(=O)c1c(NC(=O)CSc2n[nH]c3nc4ccccc4n23)sc(C)c1C. The molecule has 2 N–H and O–H groups in total. The van der Waals surface area contributed by atoms with Gasteiger partial charge in [-0.25, -0.2) is 14.9 Å². The van der Waals surface area contributed by atoms with Crippen LogP contribution >= 0.6 is 23.1 Å². The first-order chi connectivity index (χ1) is 13.5. The molecule has 144 valence electrons. The van der Waals surface area contributed by atoms with Gasteiger partial charge in [0.25, 0.3) is 0 Å². The number of hydrogen-bond donors (Lipinski definition) is 2. The lowest BCUT2D eigenvalue weighted by atomic mass is 10.1. The van der Waals surface area contributed by atoms with Crippen LogP contribution in [0.3, 0.4) is 0 Å². The fourth-order valence-electron chi connectivity index (χ4n) is 2.89. The van der Waals surface area contributed by atoms with Crippen molar-refractivity contribution in [3.63, 3.8) is 0 Å². The van der Waals surface area contributed by atoms with E-state index in [1.165, 1.54) is 30.2 Å². The number of carbonyl (C=O) groups is 2. The number of carbonyl (C=O) groups excluding carboxylic acids is 2. The van der Waals surface area contributed by atoms with Crippen LogP contribution in [0.1, 0.15) is 20.8 Å². The van der Waals surface area contributed by atoms with Gasteiger partial charge in [-0.2, -0.15) is 0 Å². The monoisotopic (exact) mass is 415 g/mol. The van der Waals surface area contributed by atoms with Gasteiger partial charge in [0.2, 0.25) is 11.7 Å². The number of H-pyrrole nitrogens is 1. The van der Waals surface area contributed by atoms with E-state index in [-0.39, 0.29) is 11.7 Å². The quantitative estimate of drug-likeness (QED) is 0.383. The van der Waals surface area contributed by atoms with E-state index in [2.05, 4.69) is 20.5 Å². The maximum Gasteiger partial charge on any atom is 0.341 e. The summed E-state index contributed by atoms with van der Waals surface area (Å²) in [5.74, 6) is 0.0885. The van der Waals surface area contributed by atoms with Crippen molar-refractivity contribution in [3.05, 3.63) is 40.3 Å². The predicted octanol–water partition coefficient (Wildman–Crippen LogP) is 3.41. The van der Waals surface area contributed by atoms with Gasteiger partial charge in [-0.15, -0.1) is 16.4 Å². The Morgan fingerprint density at radius 3 is 2.89 bits per heavy atom. The maximum absolute atomic E-state index is 12.5. The molecule has 0 saturated carbocycles. The Hall–Kier alpha value is -2.85. The van der Waals surface area contributed by atoms with Crippen LogP contribution in [0.4, 0.5) is 5.00 Å². The van der Waals surface area contributed by atoms with Crippen LogP contribution < -0.4 is 5.32 Å². The molecule has 10 heteroatoms. The number of ether oxygens (including phenoxy) is 1. The number of rotatable bonds is 5. The van der Waals surface area contributed by atoms with E-state index in [1.807, 2.05) is 42.5 Å². The summed E-state index contributed by atoms with van der Waals surface area (Å²) in [4.78, 5) is 30.0. The number of esters is 1. The van der Waals surface area contributed by atoms with E-state index >= 15 is 0 Å². The molecule has 4 rings (SSSR count). The summed E-state index contributed by atoms with van der Waals surface area (Å²) in [5.41, 5.74) is 3.01. The van der Waals surface area contributed by atoms with Gasteiger partial charge < -0.3 is 10.1 Å². The van der Waals surface area contributed by atoms with Crippen molar-refractivity contribution in [2.24, 2.45) is 0 Å². The molecular formula is C18H17N5O3S2. The van der Waals surface area contributed by atoms with Crippen LogP contribution in [-0.4, -0.2) is 44.3 Å². The molecule has 4 aromatic rings. The third-order valence-electron chi connectivity index (χ3n) is 4.36. The van der Waals surface area contributed by atoms with E-state index in [0.29, 0.717) is 21.5 Å². The standard InChI is InChI=1S/C18H17N5O3S2/c1-9-10(2)28-15(14(9)16(25)26-3)20-13(24)8-27-18-22-21-17-19-11-6-4-5-7-12(11)23(17)18/h4-7H,8H2,1-3H3,(H,19,21)(H,20,24). The van der Waals surface area contributed by atoms with E-state index in [4.69, 9.17) is 4.74 Å². The maximum atomic E-state index is 12.5. The summed E-state index contributed by atoms with van der Waals surface area (Å²) < 4.78 is 6.72. The van der Waals surface area contributed by atoms with Crippen molar-refractivity contribution in [3.8, 4) is 0 Å². The van der Waals surface area contributed by atoms with Crippen molar-refractivity contribution in [2.75, 3.05) is 18.2 Å². The largest absolute Gasteiger partial charge is 0.465 e. The number of thiophene rings is 1. The second-order valence-electron chi connectivity index (χ2n) is 6.08. The van der Waals surface area contributed by atoms with Gasteiger partial charge in [0.15, 0.2) is 5.16 Å². The molecular weight excluding hydrogens is 398 g/mol. The lowest BCUT2D eigenvalue weighted by Crippen LogP contribution is -2.16. The Morgan fingerprint density at radius 1 is 1.32 bits per heavy atom. The lowest BCUT2D eigenvalue weighted by molar-refractivity contribution is -0.113. The first-order valence-corrected chi connectivity index (χ1v) is 10.2. The number of aromatic amines is 1. The number of methoxy groups -OCH3 is 1. The van der Waals surface area contributed by atoms with Crippen molar-refractivity contribution < 1.29 is 14.3 Å². The Bertz CT molecular complexity index is 1210. The Labute approximate surface area is 168 Å². The molecule has 3 heterocycles. The molecule has 0 fully saturated rings. The minimum Gasteiger partial charge on any atom is -0.465 e. The van der Waals surface area contributed by atoms with E-state index < -0.39 is 5.97 Å². The number of para-hydroxylation sites is 2. The topological polar surface area (TPSA) is 101 Å².